The Balaban J connectivity index is 1.41. The van der Waals surface area contributed by atoms with E-state index in [-0.39, 0.29) is 5.91 Å². The van der Waals surface area contributed by atoms with Crippen LogP contribution in [0.5, 0.6) is 5.75 Å². The fourth-order valence-electron chi connectivity index (χ4n) is 2.33. The maximum atomic E-state index is 12.4. The summed E-state index contributed by atoms with van der Waals surface area (Å²) >= 11 is 2.62. The molecule has 0 aliphatic rings. The van der Waals surface area contributed by atoms with Crippen LogP contribution in [0, 0.1) is 6.92 Å². The van der Waals surface area contributed by atoms with E-state index in [4.69, 9.17) is 4.74 Å². The standard InChI is InChI=1S/C18H14N4O2S2/c1-11-15(22-26-21-11)10-24-13-8-6-12(7-9-13)17(23)20-18-19-14-4-2-3-5-16(14)25-18/h2-9H,10H2,1H3,(H,19,20,23). The number of nitrogens with zero attached hydrogens (tertiary/aromatic N) is 3. The second kappa shape index (κ2) is 7.19. The third-order valence-corrected chi connectivity index (χ3v) is 5.36. The highest BCUT2D eigenvalue weighted by atomic mass is 32.1. The average Bonchev–Trinajstić information content (AvgIpc) is 3.25. The fraction of sp³-hybridized carbons (Fsp3) is 0.111. The number of ether oxygens (including phenoxy) is 1. The summed E-state index contributed by atoms with van der Waals surface area (Å²) in [5, 5.41) is 3.43. The Kier molecular flexibility index (Phi) is 4.59. The zero-order valence-electron chi connectivity index (χ0n) is 13.8. The van der Waals surface area contributed by atoms with Crippen molar-refractivity contribution in [2.75, 3.05) is 5.32 Å². The highest BCUT2D eigenvalue weighted by molar-refractivity contribution is 7.22. The van der Waals surface area contributed by atoms with Gasteiger partial charge in [-0.05, 0) is 43.3 Å². The summed E-state index contributed by atoms with van der Waals surface area (Å²) in [6.07, 6.45) is 0. The van der Waals surface area contributed by atoms with E-state index in [1.807, 2.05) is 31.2 Å². The second-order valence-electron chi connectivity index (χ2n) is 5.55. The summed E-state index contributed by atoms with van der Waals surface area (Å²) in [6, 6.07) is 14.8. The first-order chi connectivity index (χ1) is 12.7. The molecule has 0 bridgehead atoms. The van der Waals surface area contributed by atoms with Crippen molar-refractivity contribution in [1.29, 1.82) is 0 Å². The highest BCUT2D eigenvalue weighted by Gasteiger charge is 2.10. The lowest BCUT2D eigenvalue weighted by molar-refractivity contribution is 0.102. The highest BCUT2D eigenvalue weighted by Crippen LogP contribution is 2.26. The van der Waals surface area contributed by atoms with Crippen LogP contribution in [0.1, 0.15) is 21.7 Å². The minimum absolute atomic E-state index is 0.199. The van der Waals surface area contributed by atoms with Gasteiger partial charge in [0.25, 0.3) is 5.91 Å². The zero-order chi connectivity index (χ0) is 17.9. The molecule has 1 amide bonds. The number of aryl methyl sites for hydroxylation is 1. The van der Waals surface area contributed by atoms with Gasteiger partial charge in [0, 0.05) is 5.56 Å². The maximum Gasteiger partial charge on any atom is 0.257 e. The SMILES string of the molecule is Cc1nsnc1COc1ccc(C(=O)Nc2nc3ccccc3s2)cc1. The molecule has 6 nitrogen and oxygen atoms in total. The zero-order valence-corrected chi connectivity index (χ0v) is 15.4. The molecule has 26 heavy (non-hydrogen) atoms. The van der Waals surface area contributed by atoms with Gasteiger partial charge >= 0.3 is 0 Å². The molecule has 0 saturated heterocycles. The van der Waals surface area contributed by atoms with E-state index >= 15 is 0 Å². The summed E-state index contributed by atoms with van der Waals surface area (Å²) < 4.78 is 15.0. The third kappa shape index (κ3) is 3.56. The number of thiazole rings is 1. The van der Waals surface area contributed by atoms with Crippen LogP contribution in [0.2, 0.25) is 0 Å². The number of carbonyl (C=O) groups is 1. The number of anilines is 1. The Hall–Kier alpha value is -2.84. The van der Waals surface area contributed by atoms with Crippen molar-refractivity contribution in [3.8, 4) is 5.75 Å². The third-order valence-electron chi connectivity index (χ3n) is 3.75. The van der Waals surface area contributed by atoms with Gasteiger partial charge in [-0.15, -0.1) is 0 Å². The Bertz CT molecular complexity index is 1020. The van der Waals surface area contributed by atoms with Gasteiger partial charge in [-0.25, -0.2) is 4.98 Å². The minimum atomic E-state index is -0.199. The Morgan fingerprint density at radius 2 is 1.92 bits per heavy atom. The number of fused-ring (bicyclic) bond motifs is 1. The number of para-hydroxylation sites is 1. The second-order valence-corrected chi connectivity index (χ2v) is 7.11. The van der Waals surface area contributed by atoms with Crippen LogP contribution in [0.3, 0.4) is 0 Å². The number of aromatic nitrogens is 3. The first-order valence-electron chi connectivity index (χ1n) is 7.87. The molecule has 4 aromatic rings. The van der Waals surface area contributed by atoms with Crippen LogP contribution in [0.4, 0.5) is 5.13 Å². The molecule has 0 fully saturated rings. The topological polar surface area (TPSA) is 77.0 Å². The molecule has 0 aliphatic carbocycles. The van der Waals surface area contributed by atoms with Crippen molar-refractivity contribution < 1.29 is 9.53 Å². The molecular formula is C18H14N4O2S2. The Morgan fingerprint density at radius 3 is 2.65 bits per heavy atom. The van der Waals surface area contributed by atoms with Crippen LogP contribution in [0.25, 0.3) is 10.2 Å². The quantitative estimate of drug-likeness (QED) is 0.557. The van der Waals surface area contributed by atoms with Gasteiger partial charge in [-0.2, -0.15) is 8.75 Å². The molecule has 0 saturated carbocycles. The predicted molar refractivity (Wildman–Crippen MR) is 103 cm³/mol. The summed E-state index contributed by atoms with van der Waals surface area (Å²) in [6.45, 7) is 2.26. The molecule has 130 valence electrons. The van der Waals surface area contributed by atoms with Gasteiger partial charge in [0.1, 0.15) is 18.1 Å². The number of amides is 1. The Morgan fingerprint density at radius 1 is 1.12 bits per heavy atom. The van der Waals surface area contributed by atoms with E-state index in [0.29, 0.717) is 23.1 Å². The number of nitrogens with one attached hydrogen (secondary N) is 1. The van der Waals surface area contributed by atoms with Gasteiger partial charge in [0.2, 0.25) is 0 Å². The summed E-state index contributed by atoms with van der Waals surface area (Å²) in [7, 11) is 0. The monoisotopic (exact) mass is 382 g/mol. The van der Waals surface area contributed by atoms with Crippen LogP contribution in [-0.2, 0) is 6.61 Å². The molecule has 8 heteroatoms. The van der Waals surface area contributed by atoms with Crippen molar-refractivity contribution in [2.45, 2.75) is 13.5 Å². The van der Waals surface area contributed by atoms with Crippen molar-refractivity contribution in [3.05, 3.63) is 65.5 Å². The van der Waals surface area contributed by atoms with E-state index in [9.17, 15) is 4.79 Å². The lowest BCUT2D eigenvalue weighted by Gasteiger charge is -2.06. The average molecular weight is 382 g/mol. The molecule has 0 radical (unpaired) electrons. The smallest absolute Gasteiger partial charge is 0.257 e. The molecule has 0 unspecified atom stereocenters. The van der Waals surface area contributed by atoms with Gasteiger partial charge < -0.3 is 4.74 Å². The summed E-state index contributed by atoms with van der Waals surface area (Å²) in [5.74, 6) is 0.476. The van der Waals surface area contributed by atoms with Crippen LogP contribution in [0.15, 0.2) is 48.5 Å². The van der Waals surface area contributed by atoms with Crippen molar-refractivity contribution in [3.63, 3.8) is 0 Å². The molecule has 0 spiro atoms. The van der Waals surface area contributed by atoms with Crippen LogP contribution >= 0.6 is 23.1 Å². The van der Waals surface area contributed by atoms with Crippen LogP contribution in [-0.4, -0.2) is 19.6 Å². The van der Waals surface area contributed by atoms with Crippen molar-refractivity contribution in [2.24, 2.45) is 0 Å². The largest absolute Gasteiger partial charge is 0.487 e. The molecule has 2 aromatic heterocycles. The summed E-state index contributed by atoms with van der Waals surface area (Å²) in [4.78, 5) is 16.8. The lowest BCUT2D eigenvalue weighted by atomic mass is 10.2. The predicted octanol–water partition coefficient (Wildman–Crippen LogP) is 4.29. The first-order valence-corrected chi connectivity index (χ1v) is 9.41. The fourth-order valence-corrected chi connectivity index (χ4v) is 3.74. The molecule has 4 rings (SSSR count). The number of rotatable bonds is 5. The van der Waals surface area contributed by atoms with E-state index in [0.717, 1.165) is 21.6 Å². The Labute approximate surface area is 157 Å². The first kappa shape index (κ1) is 16.6. The number of hydrogen-bond acceptors (Lipinski definition) is 7. The van der Waals surface area contributed by atoms with E-state index < -0.39 is 0 Å². The maximum absolute atomic E-state index is 12.4. The van der Waals surface area contributed by atoms with Crippen molar-refractivity contribution in [1.82, 2.24) is 13.7 Å². The minimum Gasteiger partial charge on any atom is -0.487 e. The number of hydrogen-bond donors (Lipinski definition) is 1. The molecular weight excluding hydrogens is 368 g/mol. The number of benzene rings is 2. The van der Waals surface area contributed by atoms with E-state index in [1.165, 1.54) is 23.1 Å². The molecule has 2 heterocycles. The number of carbonyl (C=O) groups excluding carboxylic acids is 1. The van der Waals surface area contributed by atoms with Gasteiger partial charge in [-0.1, -0.05) is 23.5 Å². The van der Waals surface area contributed by atoms with Gasteiger partial charge in [-0.3, -0.25) is 10.1 Å². The van der Waals surface area contributed by atoms with Crippen LogP contribution < -0.4 is 10.1 Å². The molecule has 0 aliphatic heterocycles. The van der Waals surface area contributed by atoms with E-state index in [2.05, 4.69) is 19.0 Å². The normalized spacial score (nSPS) is 10.8. The van der Waals surface area contributed by atoms with Gasteiger partial charge in [0.15, 0.2) is 5.13 Å². The van der Waals surface area contributed by atoms with E-state index in [1.54, 1.807) is 24.3 Å². The van der Waals surface area contributed by atoms with Crippen molar-refractivity contribution >= 4 is 44.3 Å². The molecule has 1 N–H and O–H groups in total. The molecule has 0 atom stereocenters. The molecule has 2 aromatic carbocycles. The van der Waals surface area contributed by atoms with Gasteiger partial charge in [0.05, 0.1) is 27.6 Å². The summed E-state index contributed by atoms with van der Waals surface area (Å²) in [5.41, 5.74) is 3.13. The lowest BCUT2D eigenvalue weighted by Crippen LogP contribution is -2.11.